The SMILES string of the molecule is CCc1ccc(N(C(C)=O)c2nc(CN3CCCC3c3ccc(OC)cc3OC)cs2)cc1. The van der Waals surface area contributed by atoms with Crippen LogP contribution in [0.1, 0.15) is 49.6 Å². The van der Waals surface area contributed by atoms with Gasteiger partial charge >= 0.3 is 0 Å². The molecule has 2 aromatic carbocycles. The smallest absolute Gasteiger partial charge is 0.230 e. The Morgan fingerprint density at radius 3 is 2.64 bits per heavy atom. The lowest BCUT2D eigenvalue weighted by molar-refractivity contribution is -0.115. The van der Waals surface area contributed by atoms with Gasteiger partial charge in [0.1, 0.15) is 11.5 Å². The Balaban J connectivity index is 1.54. The summed E-state index contributed by atoms with van der Waals surface area (Å²) in [6.07, 6.45) is 3.17. The first kappa shape index (κ1) is 23.3. The van der Waals surface area contributed by atoms with Crippen LogP contribution in [-0.2, 0) is 17.8 Å². The molecule has 1 unspecified atom stereocenters. The van der Waals surface area contributed by atoms with Crippen molar-refractivity contribution in [3.63, 3.8) is 0 Å². The van der Waals surface area contributed by atoms with Gasteiger partial charge in [0.05, 0.1) is 25.6 Å². The minimum Gasteiger partial charge on any atom is -0.497 e. The number of methoxy groups -OCH3 is 2. The summed E-state index contributed by atoms with van der Waals surface area (Å²) in [6, 6.07) is 14.4. The number of aromatic nitrogens is 1. The number of hydrogen-bond acceptors (Lipinski definition) is 6. The monoisotopic (exact) mass is 465 g/mol. The zero-order chi connectivity index (χ0) is 23.4. The lowest BCUT2D eigenvalue weighted by atomic mass is 10.0. The van der Waals surface area contributed by atoms with Gasteiger partial charge < -0.3 is 9.47 Å². The van der Waals surface area contributed by atoms with Gasteiger partial charge in [-0.3, -0.25) is 14.6 Å². The summed E-state index contributed by atoms with van der Waals surface area (Å²) >= 11 is 1.51. The second kappa shape index (κ2) is 10.4. The highest BCUT2D eigenvalue weighted by atomic mass is 32.1. The molecule has 174 valence electrons. The number of likely N-dealkylation sites (tertiary alicyclic amines) is 1. The van der Waals surface area contributed by atoms with Gasteiger partial charge in [-0.15, -0.1) is 11.3 Å². The fourth-order valence-corrected chi connectivity index (χ4v) is 5.33. The van der Waals surface area contributed by atoms with Gasteiger partial charge in [-0.2, -0.15) is 0 Å². The molecule has 1 amide bonds. The number of carbonyl (C=O) groups is 1. The summed E-state index contributed by atoms with van der Waals surface area (Å²) in [7, 11) is 3.37. The zero-order valence-corrected chi connectivity index (χ0v) is 20.5. The molecule has 0 saturated carbocycles. The average Bonchev–Trinajstić information content (AvgIpc) is 3.49. The van der Waals surface area contributed by atoms with Crippen molar-refractivity contribution in [1.82, 2.24) is 9.88 Å². The van der Waals surface area contributed by atoms with Crippen LogP contribution in [0.5, 0.6) is 11.5 Å². The third-order valence-electron chi connectivity index (χ3n) is 6.18. The molecule has 2 heterocycles. The van der Waals surface area contributed by atoms with Crippen molar-refractivity contribution in [2.24, 2.45) is 0 Å². The van der Waals surface area contributed by atoms with Crippen molar-refractivity contribution >= 4 is 28.1 Å². The maximum atomic E-state index is 12.5. The van der Waals surface area contributed by atoms with Gasteiger partial charge in [0.2, 0.25) is 5.91 Å². The molecule has 1 aliphatic heterocycles. The maximum absolute atomic E-state index is 12.5. The highest BCUT2D eigenvalue weighted by Gasteiger charge is 2.29. The number of rotatable bonds is 8. The molecule has 1 aromatic heterocycles. The molecular weight excluding hydrogens is 434 g/mol. The zero-order valence-electron chi connectivity index (χ0n) is 19.7. The van der Waals surface area contributed by atoms with E-state index >= 15 is 0 Å². The lowest BCUT2D eigenvalue weighted by Crippen LogP contribution is -2.24. The molecule has 1 aliphatic rings. The highest BCUT2D eigenvalue weighted by Crippen LogP contribution is 2.40. The number of nitrogens with zero attached hydrogens (tertiary/aromatic N) is 3. The Hall–Kier alpha value is -2.90. The predicted molar refractivity (Wildman–Crippen MR) is 133 cm³/mol. The van der Waals surface area contributed by atoms with E-state index in [2.05, 4.69) is 35.4 Å². The second-order valence-electron chi connectivity index (χ2n) is 8.23. The number of benzene rings is 2. The lowest BCUT2D eigenvalue weighted by Gasteiger charge is -2.25. The third kappa shape index (κ3) is 5.04. The standard InChI is InChI=1S/C26H31N3O3S/c1-5-19-8-10-21(11-9-19)29(18(2)30)26-27-20(17-33-26)16-28-14-6-7-24(28)23-13-12-22(31-3)15-25(23)32-4/h8-13,15,17,24H,5-7,14,16H2,1-4H3. The van der Waals surface area contributed by atoms with E-state index in [9.17, 15) is 4.79 Å². The molecule has 1 fully saturated rings. The maximum Gasteiger partial charge on any atom is 0.230 e. The summed E-state index contributed by atoms with van der Waals surface area (Å²) in [5.41, 5.74) is 4.25. The first-order valence-corrected chi connectivity index (χ1v) is 12.2. The van der Waals surface area contributed by atoms with Gasteiger partial charge in [0, 0.05) is 36.5 Å². The fourth-order valence-electron chi connectivity index (χ4n) is 4.45. The van der Waals surface area contributed by atoms with Crippen molar-refractivity contribution in [3.05, 3.63) is 64.7 Å². The molecule has 0 radical (unpaired) electrons. The summed E-state index contributed by atoms with van der Waals surface area (Å²) in [5, 5.41) is 2.77. The van der Waals surface area contributed by atoms with Crippen molar-refractivity contribution in [1.29, 1.82) is 0 Å². The summed E-state index contributed by atoms with van der Waals surface area (Å²) in [6.45, 7) is 5.44. The molecular formula is C26H31N3O3S. The van der Waals surface area contributed by atoms with E-state index < -0.39 is 0 Å². The average molecular weight is 466 g/mol. The van der Waals surface area contributed by atoms with Crippen molar-refractivity contribution in [2.45, 2.75) is 45.7 Å². The predicted octanol–water partition coefficient (Wildman–Crippen LogP) is 5.74. The van der Waals surface area contributed by atoms with E-state index in [4.69, 9.17) is 14.5 Å². The Bertz CT molecular complexity index is 1100. The van der Waals surface area contributed by atoms with E-state index in [1.807, 2.05) is 24.3 Å². The molecule has 1 saturated heterocycles. The number of ether oxygens (including phenoxy) is 2. The third-order valence-corrected chi connectivity index (χ3v) is 7.05. The topological polar surface area (TPSA) is 54.9 Å². The first-order chi connectivity index (χ1) is 16.0. The Morgan fingerprint density at radius 2 is 1.97 bits per heavy atom. The summed E-state index contributed by atoms with van der Waals surface area (Å²) < 4.78 is 11.0. The quantitative estimate of drug-likeness (QED) is 0.424. The number of hydrogen-bond donors (Lipinski definition) is 0. The van der Waals surface area contributed by atoms with Crippen molar-refractivity contribution < 1.29 is 14.3 Å². The van der Waals surface area contributed by atoms with Crippen LogP contribution in [0.15, 0.2) is 47.8 Å². The Labute approximate surface area is 199 Å². The molecule has 0 spiro atoms. The largest absolute Gasteiger partial charge is 0.497 e. The van der Waals surface area contributed by atoms with Gasteiger partial charge in [0.25, 0.3) is 0 Å². The van der Waals surface area contributed by atoms with E-state index in [0.717, 1.165) is 55.2 Å². The van der Waals surface area contributed by atoms with Crippen molar-refractivity contribution in [3.8, 4) is 11.5 Å². The molecule has 7 heteroatoms. The summed E-state index contributed by atoms with van der Waals surface area (Å²) in [4.78, 5) is 21.5. The second-order valence-corrected chi connectivity index (χ2v) is 9.07. The number of aryl methyl sites for hydroxylation is 1. The van der Waals surface area contributed by atoms with Gasteiger partial charge in [0.15, 0.2) is 5.13 Å². The minimum absolute atomic E-state index is 0.0397. The molecule has 0 bridgehead atoms. The Morgan fingerprint density at radius 1 is 1.18 bits per heavy atom. The molecule has 4 rings (SSSR count). The van der Waals surface area contributed by atoms with Crippen LogP contribution in [0, 0.1) is 0 Å². The first-order valence-electron chi connectivity index (χ1n) is 11.3. The van der Waals surface area contributed by atoms with Crippen LogP contribution >= 0.6 is 11.3 Å². The fraction of sp³-hybridized carbons (Fsp3) is 0.385. The molecule has 0 aliphatic carbocycles. The highest BCUT2D eigenvalue weighted by molar-refractivity contribution is 7.14. The van der Waals surface area contributed by atoms with Gasteiger partial charge in [-0.1, -0.05) is 25.1 Å². The van der Waals surface area contributed by atoms with Crippen LogP contribution in [0.4, 0.5) is 10.8 Å². The number of anilines is 2. The molecule has 0 N–H and O–H groups in total. The molecule has 1 atom stereocenters. The van der Waals surface area contributed by atoms with E-state index in [0.29, 0.717) is 5.13 Å². The van der Waals surface area contributed by atoms with Crippen molar-refractivity contribution in [2.75, 3.05) is 25.7 Å². The van der Waals surface area contributed by atoms with Crippen LogP contribution < -0.4 is 14.4 Å². The van der Waals surface area contributed by atoms with E-state index in [1.165, 1.54) is 22.5 Å². The molecule has 3 aromatic rings. The van der Waals surface area contributed by atoms with Crippen LogP contribution in [0.3, 0.4) is 0 Å². The van der Waals surface area contributed by atoms with E-state index in [-0.39, 0.29) is 11.9 Å². The Kier molecular flexibility index (Phi) is 7.30. The normalized spacial score (nSPS) is 16.1. The number of carbonyl (C=O) groups excluding carboxylic acids is 1. The number of amides is 1. The number of thiazole rings is 1. The molecule has 6 nitrogen and oxygen atoms in total. The minimum atomic E-state index is -0.0397. The van der Waals surface area contributed by atoms with Gasteiger partial charge in [-0.25, -0.2) is 4.98 Å². The van der Waals surface area contributed by atoms with Crippen LogP contribution in [0.2, 0.25) is 0 Å². The molecule has 33 heavy (non-hydrogen) atoms. The van der Waals surface area contributed by atoms with Crippen LogP contribution in [0.25, 0.3) is 0 Å². The van der Waals surface area contributed by atoms with Gasteiger partial charge in [-0.05, 0) is 49.6 Å². The van der Waals surface area contributed by atoms with E-state index in [1.54, 1.807) is 26.0 Å². The summed E-state index contributed by atoms with van der Waals surface area (Å²) in [5.74, 6) is 1.60. The van der Waals surface area contributed by atoms with Crippen LogP contribution in [-0.4, -0.2) is 36.6 Å².